The van der Waals surface area contributed by atoms with Gasteiger partial charge in [0, 0.05) is 18.4 Å². The Labute approximate surface area is 83.2 Å². The summed E-state index contributed by atoms with van der Waals surface area (Å²) in [7, 11) is 0. The van der Waals surface area contributed by atoms with Crippen molar-refractivity contribution in [1.82, 2.24) is 15.3 Å². The molecule has 1 heterocycles. The predicted molar refractivity (Wildman–Crippen MR) is 52.7 cm³/mol. The van der Waals surface area contributed by atoms with Gasteiger partial charge in [-0.2, -0.15) is 0 Å². The van der Waals surface area contributed by atoms with Gasteiger partial charge in [-0.3, -0.25) is 0 Å². The van der Waals surface area contributed by atoms with Crippen LogP contribution in [-0.4, -0.2) is 38.9 Å². The maximum atomic E-state index is 9.02. The zero-order chi connectivity index (χ0) is 10.6. The Balaban J connectivity index is 2.47. The first-order valence-electron chi connectivity index (χ1n) is 4.57. The highest BCUT2D eigenvalue weighted by Gasteiger charge is 2.21. The van der Waals surface area contributed by atoms with Crippen LogP contribution in [0.3, 0.4) is 0 Å². The van der Waals surface area contributed by atoms with Gasteiger partial charge in [0.15, 0.2) is 0 Å². The van der Waals surface area contributed by atoms with Gasteiger partial charge in [0.2, 0.25) is 0 Å². The van der Waals surface area contributed by atoms with E-state index < -0.39 is 5.54 Å². The lowest BCUT2D eigenvalue weighted by molar-refractivity contribution is 0.103. The van der Waals surface area contributed by atoms with Crippen molar-refractivity contribution in [2.45, 2.75) is 25.9 Å². The van der Waals surface area contributed by atoms with E-state index in [1.165, 1.54) is 0 Å². The van der Waals surface area contributed by atoms with E-state index in [0.717, 1.165) is 11.5 Å². The molecule has 0 fully saturated rings. The van der Waals surface area contributed by atoms with Crippen LogP contribution >= 0.6 is 0 Å². The number of hydrogen-bond acceptors (Lipinski definition) is 4. The third-order valence-electron chi connectivity index (χ3n) is 2.16. The number of aromatic amines is 1. The molecule has 0 amide bonds. The Kier molecular flexibility index (Phi) is 3.62. The lowest BCUT2D eigenvalue weighted by Gasteiger charge is -2.25. The van der Waals surface area contributed by atoms with E-state index in [1.807, 2.05) is 6.92 Å². The van der Waals surface area contributed by atoms with Gasteiger partial charge in [0.05, 0.1) is 18.8 Å². The first-order chi connectivity index (χ1) is 6.59. The fraction of sp³-hybridized carbons (Fsp3) is 0.667. The lowest BCUT2D eigenvalue weighted by Crippen LogP contribution is -2.48. The van der Waals surface area contributed by atoms with Crippen LogP contribution in [-0.2, 0) is 6.54 Å². The molecule has 1 aromatic rings. The average Bonchev–Trinajstić information content (AvgIpc) is 2.61. The van der Waals surface area contributed by atoms with Crippen molar-refractivity contribution < 1.29 is 10.2 Å². The van der Waals surface area contributed by atoms with Crippen molar-refractivity contribution in [2.75, 3.05) is 13.2 Å². The number of nitrogens with zero attached hydrogens (tertiary/aromatic N) is 1. The molecule has 80 valence electrons. The number of aryl methyl sites for hydroxylation is 1. The van der Waals surface area contributed by atoms with E-state index in [0.29, 0.717) is 6.54 Å². The molecule has 5 nitrogen and oxygen atoms in total. The fourth-order valence-electron chi connectivity index (χ4n) is 1.03. The van der Waals surface area contributed by atoms with Crippen LogP contribution < -0.4 is 5.32 Å². The molecule has 0 saturated carbocycles. The second-order valence-electron chi connectivity index (χ2n) is 3.72. The molecule has 1 aromatic heterocycles. The summed E-state index contributed by atoms with van der Waals surface area (Å²) in [5.41, 5.74) is 0.301. The third kappa shape index (κ3) is 2.80. The van der Waals surface area contributed by atoms with Crippen molar-refractivity contribution in [1.29, 1.82) is 0 Å². The number of H-pyrrole nitrogens is 1. The molecule has 14 heavy (non-hydrogen) atoms. The number of nitrogens with one attached hydrogen (secondary N) is 2. The number of aliphatic hydroxyl groups is 2. The van der Waals surface area contributed by atoms with Crippen molar-refractivity contribution in [2.24, 2.45) is 0 Å². The van der Waals surface area contributed by atoms with Crippen LogP contribution in [0.15, 0.2) is 6.20 Å². The van der Waals surface area contributed by atoms with Gasteiger partial charge < -0.3 is 20.5 Å². The second-order valence-corrected chi connectivity index (χ2v) is 3.72. The Bertz CT molecular complexity index is 281. The minimum absolute atomic E-state index is 0.101. The molecule has 0 unspecified atom stereocenters. The van der Waals surface area contributed by atoms with Gasteiger partial charge in [-0.15, -0.1) is 0 Å². The van der Waals surface area contributed by atoms with Gasteiger partial charge in [-0.1, -0.05) is 0 Å². The molecule has 0 radical (unpaired) electrons. The summed E-state index contributed by atoms with van der Waals surface area (Å²) in [5.74, 6) is 0.858. The highest BCUT2D eigenvalue weighted by molar-refractivity contribution is 5.00. The zero-order valence-electron chi connectivity index (χ0n) is 8.54. The summed E-state index contributed by atoms with van der Waals surface area (Å²) < 4.78 is 0. The molecule has 1 rings (SSSR count). The monoisotopic (exact) mass is 199 g/mol. The number of rotatable bonds is 5. The standard InChI is InChI=1S/C9H17N3O2/c1-7-10-3-8(12-7)4-11-9(2,5-13)6-14/h3,11,13-14H,4-6H2,1-2H3,(H,10,12). The Morgan fingerprint density at radius 3 is 2.57 bits per heavy atom. The van der Waals surface area contributed by atoms with Crippen LogP contribution in [0.25, 0.3) is 0 Å². The first-order valence-corrected chi connectivity index (χ1v) is 4.57. The lowest BCUT2D eigenvalue weighted by atomic mass is 10.1. The molecule has 0 spiro atoms. The van der Waals surface area contributed by atoms with Gasteiger partial charge in [-0.05, 0) is 13.8 Å². The topological polar surface area (TPSA) is 81.2 Å². The van der Waals surface area contributed by atoms with Gasteiger partial charge in [-0.25, -0.2) is 4.98 Å². The average molecular weight is 199 g/mol. The summed E-state index contributed by atoms with van der Waals surface area (Å²) in [6.45, 7) is 3.99. The van der Waals surface area contributed by atoms with E-state index in [2.05, 4.69) is 15.3 Å². The molecule has 0 saturated heterocycles. The summed E-state index contributed by atoms with van der Waals surface area (Å²) >= 11 is 0. The minimum Gasteiger partial charge on any atom is -0.394 e. The Hall–Kier alpha value is -0.910. The fourth-order valence-corrected chi connectivity index (χ4v) is 1.03. The highest BCUT2D eigenvalue weighted by Crippen LogP contribution is 2.03. The Morgan fingerprint density at radius 2 is 2.14 bits per heavy atom. The van der Waals surface area contributed by atoms with Gasteiger partial charge in [0.1, 0.15) is 5.82 Å². The van der Waals surface area contributed by atoms with E-state index in [1.54, 1.807) is 13.1 Å². The van der Waals surface area contributed by atoms with Crippen LogP contribution in [0.5, 0.6) is 0 Å². The van der Waals surface area contributed by atoms with E-state index in [4.69, 9.17) is 10.2 Å². The molecule has 0 bridgehead atoms. The molecule has 5 heteroatoms. The van der Waals surface area contributed by atoms with Crippen LogP contribution in [0.2, 0.25) is 0 Å². The molecule has 0 aromatic carbocycles. The molecule has 0 atom stereocenters. The summed E-state index contributed by atoms with van der Waals surface area (Å²) in [6, 6.07) is 0. The molecule has 4 N–H and O–H groups in total. The normalized spacial score (nSPS) is 12.0. The summed E-state index contributed by atoms with van der Waals surface area (Å²) in [5, 5.41) is 21.1. The molecular weight excluding hydrogens is 182 g/mol. The van der Waals surface area contributed by atoms with E-state index in [9.17, 15) is 0 Å². The first kappa shape index (κ1) is 11.2. The Morgan fingerprint density at radius 1 is 1.50 bits per heavy atom. The number of aromatic nitrogens is 2. The second kappa shape index (κ2) is 4.54. The maximum Gasteiger partial charge on any atom is 0.103 e. The maximum absolute atomic E-state index is 9.02. The van der Waals surface area contributed by atoms with Gasteiger partial charge in [0.25, 0.3) is 0 Å². The largest absolute Gasteiger partial charge is 0.394 e. The zero-order valence-corrected chi connectivity index (χ0v) is 8.54. The molecule has 0 aliphatic carbocycles. The van der Waals surface area contributed by atoms with Crippen molar-refractivity contribution in [3.05, 3.63) is 17.7 Å². The molecular formula is C9H17N3O2. The SMILES string of the molecule is Cc1ncc(CNC(C)(CO)CO)[nH]1. The quantitative estimate of drug-likeness (QED) is 0.518. The van der Waals surface area contributed by atoms with Crippen molar-refractivity contribution in [3.8, 4) is 0 Å². The van der Waals surface area contributed by atoms with Crippen LogP contribution in [0.1, 0.15) is 18.4 Å². The summed E-state index contributed by atoms with van der Waals surface area (Å²) in [4.78, 5) is 7.11. The number of aliphatic hydroxyl groups excluding tert-OH is 2. The van der Waals surface area contributed by atoms with E-state index in [-0.39, 0.29) is 13.2 Å². The molecule has 0 aliphatic rings. The molecule has 0 aliphatic heterocycles. The number of hydrogen-bond donors (Lipinski definition) is 4. The summed E-state index contributed by atoms with van der Waals surface area (Å²) in [6.07, 6.45) is 1.73. The van der Waals surface area contributed by atoms with Crippen molar-refractivity contribution >= 4 is 0 Å². The predicted octanol–water partition coefficient (Wildman–Crippen LogP) is -0.449. The third-order valence-corrected chi connectivity index (χ3v) is 2.16. The van der Waals surface area contributed by atoms with Gasteiger partial charge >= 0.3 is 0 Å². The highest BCUT2D eigenvalue weighted by atomic mass is 16.3. The smallest absolute Gasteiger partial charge is 0.103 e. The number of imidazole rings is 1. The minimum atomic E-state index is -0.640. The van der Waals surface area contributed by atoms with Crippen molar-refractivity contribution in [3.63, 3.8) is 0 Å². The van der Waals surface area contributed by atoms with Crippen LogP contribution in [0, 0.1) is 6.92 Å². The van der Waals surface area contributed by atoms with Crippen LogP contribution in [0.4, 0.5) is 0 Å². The van der Waals surface area contributed by atoms with E-state index >= 15 is 0 Å².